The lowest BCUT2D eigenvalue weighted by Gasteiger charge is -2.17. The normalized spacial score (nSPS) is 16.5. The molecule has 162 valence electrons. The first kappa shape index (κ1) is 23.6. The molecule has 1 saturated heterocycles. The van der Waals surface area contributed by atoms with E-state index in [0.29, 0.717) is 19.3 Å². The second kappa shape index (κ2) is 10.4. The maximum absolute atomic E-state index is 8.49. The van der Waals surface area contributed by atoms with Crippen LogP contribution in [0.15, 0.2) is 18.2 Å². The van der Waals surface area contributed by atoms with Crippen molar-refractivity contribution in [2.24, 2.45) is 0 Å². The Labute approximate surface area is 173 Å². The minimum Gasteiger partial charge on any atom is -0.493 e. The first-order valence-electron chi connectivity index (χ1n) is 9.62. The number of rotatable bonds is 6. The molecule has 0 saturated carbocycles. The van der Waals surface area contributed by atoms with Gasteiger partial charge in [-0.2, -0.15) is 4.57 Å². The molecule has 3 aliphatic rings. The molecule has 1 unspecified atom stereocenters. The van der Waals surface area contributed by atoms with Crippen molar-refractivity contribution >= 4 is 0 Å². The number of nitrogens with zero attached hydrogens (tertiary/aromatic N) is 1. The molecule has 9 heteroatoms. The van der Waals surface area contributed by atoms with E-state index in [1.165, 1.54) is 11.4 Å². The summed E-state index contributed by atoms with van der Waals surface area (Å²) in [5, 5.41) is 0. The molecule has 1 aliphatic carbocycles. The van der Waals surface area contributed by atoms with Gasteiger partial charge < -0.3 is 14.2 Å². The highest BCUT2D eigenvalue weighted by Crippen LogP contribution is 2.41. The molecule has 0 radical (unpaired) electrons. The topological polar surface area (TPSA) is 124 Å². The van der Waals surface area contributed by atoms with Crippen molar-refractivity contribution in [3.05, 3.63) is 29.6 Å². The molecule has 0 aromatic rings. The molecule has 2 aliphatic heterocycles. The SMILES string of the molecule is CCOc1cccc(OCC)c2c(C)[n+](CC3CCCO3)c(C)c1-2.[O-][Cl+3]([O-])([O-])[O-]. The molecule has 0 amide bonds. The molecular weight excluding hydrogens is 402 g/mol. The highest BCUT2D eigenvalue weighted by molar-refractivity contribution is 5.79. The zero-order valence-corrected chi connectivity index (χ0v) is 18.0. The van der Waals surface area contributed by atoms with Crippen molar-refractivity contribution < 1.29 is 47.7 Å². The zero-order valence-electron chi connectivity index (χ0n) is 17.2. The summed E-state index contributed by atoms with van der Waals surface area (Å²) < 4.78 is 54.1. The Morgan fingerprint density at radius 2 is 1.48 bits per heavy atom. The van der Waals surface area contributed by atoms with E-state index in [2.05, 4.69) is 18.4 Å². The number of hydrogen-bond acceptors (Lipinski definition) is 7. The van der Waals surface area contributed by atoms with E-state index in [1.54, 1.807) is 0 Å². The van der Waals surface area contributed by atoms with E-state index in [0.717, 1.165) is 48.6 Å². The highest BCUT2D eigenvalue weighted by Gasteiger charge is 2.34. The van der Waals surface area contributed by atoms with Crippen LogP contribution < -0.4 is 32.7 Å². The number of fused-ring (bicyclic) bond motifs is 1. The van der Waals surface area contributed by atoms with Crippen molar-refractivity contribution in [2.45, 2.75) is 53.2 Å². The highest BCUT2D eigenvalue weighted by atomic mass is 35.7. The number of halogens is 1. The van der Waals surface area contributed by atoms with E-state index >= 15 is 0 Å². The summed E-state index contributed by atoms with van der Waals surface area (Å²) in [6, 6.07) is 6.09. The molecule has 0 aromatic heterocycles. The van der Waals surface area contributed by atoms with E-state index in [-0.39, 0.29) is 0 Å². The molecule has 1 atom stereocenters. The van der Waals surface area contributed by atoms with Gasteiger partial charge in [-0.1, -0.05) is 6.07 Å². The molecule has 1 fully saturated rings. The lowest BCUT2D eigenvalue weighted by Crippen LogP contribution is -2.68. The molecular formula is C20H28ClNO7. The minimum absolute atomic E-state index is 0.309. The molecule has 29 heavy (non-hydrogen) atoms. The Balaban J connectivity index is 0.000000537. The van der Waals surface area contributed by atoms with Crippen LogP contribution in [-0.4, -0.2) is 25.9 Å². The third-order valence-corrected chi connectivity index (χ3v) is 4.78. The fourth-order valence-electron chi connectivity index (χ4n) is 3.69. The molecule has 0 N–H and O–H groups in total. The van der Waals surface area contributed by atoms with Gasteiger partial charge >= 0.3 is 0 Å². The average Bonchev–Trinajstić information content (AvgIpc) is 3.16. The minimum atomic E-state index is -4.94. The van der Waals surface area contributed by atoms with Crippen LogP contribution in [0.3, 0.4) is 0 Å². The van der Waals surface area contributed by atoms with Crippen LogP contribution in [0.1, 0.15) is 38.1 Å². The fraction of sp³-hybridized carbons (Fsp3) is 0.550. The maximum atomic E-state index is 8.49. The lowest BCUT2D eigenvalue weighted by atomic mass is 10.1. The van der Waals surface area contributed by atoms with Crippen LogP contribution in [0.25, 0.3) is 11.1 Å². The number of aromatic nitrogens is 1. The van der Waals surface area contributed by atoms with Crippen LogP contribution in [0.5, 0.6) is 11.5 Å². The largest absolute Gasteiger partial charge is 0.493 e. The van der Waals surface area contributed by atoms with Crippen LogP contribution in [-0.2, 0) is 11.3 Å². The smallest absolute Gasteiger partial charge is 0.190 e. The van der Waals surface area contributed by atoms with Gasteiger partial charge in [-0.05, 0) is 38.8 Å². The van der Waals surface area contributed by atoms with Crippen molar-refractivity contribution in [1.82, 2.24) is 0 Å². The van der Waals surface area contributed by atoms with Gasteiger partial charge in [0, 0.05) is 20.5 Å². The Kier molecular flexibility index (Phi) is 8.45. The van der Waals surface area contributed by atoms with E-state index in [4.69, 9.17) is 32.8 Å². The number of hydrogen-bond donors (Lipinski definition) is 0. The molecule has 0 aromatic carbocycles. The predicted molar refractivity (Wildman–Crippen MR) is 94.0 cm³/mol. The summed E-state index contributed by atoms with van der Waals surface area (Å²) >= 11 is 0. The second-order valence-corrected chi connectivity index (χ2v) is 7.42. The Morgan fingerprint density at radius 3 is 1.86 bits per heavy atom. The van der Waals surface area contributed by atoms with Crippen LogP contribution >= 0.6 is 0 Å². The van der Waals surface area contributed by atoms with E-state index in [1.807, 2.05) is 32.0 Å². The molecule has 8 nitrogen and oxygen atoms in total. The van der Waals surface area contributed by atoms with Crippen molar-refractivity contribution in [2.75, 3.05) is 19.8 Å². The Hall–Kier alpha value is -1.68. The van der Waals surface area contributed by atoms with Gasteiger partial charge in [-0.25, -0.2) is 18.6 Å². The first-order valence-corrected chi connectivity index (χ1v) is 10.8. The second-order valence-electron chi connectivity index (χ2n) is 6.66. The predicted octanol–water partition coefficient (Wildman–Crippen LogP) is -1.08. The fourth-order valence-corrected chi connectivity index (χ4v) is 3.69. The van der Waals surface area contributed by atoms with Crippen molar-refractivity contribution in [3.8, 4) is 22.6 Å². The van der Waals surface area contributed by atoms with Gasteiger partial charge in [-0.3, -0.25) is 0 Å². The quantitative estimate of drug-likeness (QED) is 0.534. The standard InChI is InChI=1S/C20H28NO3.ClHO4/c1-5-22-17-10-7-11-18(23-6-2)20-15(4)21(14(3)19(17)20)13-16-9-8-12-24-16;2-1(3,4)5/h7,10-11,16H,5-6,8-9,12-13H2,1-4H3;(H,2,3,4,5)/q+1;/p-1. The summed E-state index contributed by atoms with van der Waals surface area (Å²) in [6.45, 7) is 11.5. The first-order chi connectivity index (χ1) is 13.7. The van der Waals surface area contributed by atoms with Gasteiger partial charge in [-0.15, -0.1) is 10.2 Å². The zero-order chi connectivity index (χ0) is 21.6. The monoisotopic (exact) mass is 429 g/mol. The summed E-state index contributed by atoms with van der Waals surface area (Å²) in [5.74, 6) is 1.84. The summed E-state index contributed by atoms with van der Waals surface area (Å²) in [4.78, 5) is 0. The Bertz CT molecular complexity index is 720. The van der Waals surface area contributed by atoms with E-state index in [9.17, 15) is 0 Å². The third-order valence-electron chi connectivity index (χ3n) is 4.78. The van der Waals surface area contributed by atoms with Gasteiger partial charge in [0.2, 0.25) is 0 Å². The van der Waals surface area contributed by atoms with Gasteiger partial charge in [0.25, 0.3) is 0 Å². The third kappa shape index (κ3) is 6.40. The van der Waals surface area contributed by atoms with Gasteiger partial charge in [0.1, 0.15) is 28.7 Å². The number of ether oxygens (including phenoxy) is 3. The van der Waals surface area contributed by atoms with E-state index < -0.39 is 10.2 Å². The van der Waals surface area contributed by atoms with Crippen molar-refractivity contribution in [3.63, 3.8) is 0 Å². The molecule has 0 bridgehead atoms. The average molecular weight is 430 g/mol. The van der Waals surface area contributed by atoms with Crippen LogP contribution in [0.4, 0.5) is 0 Å². The molecule has 0 spiro atoms. The van der Waals surface area contributed by atoms with Crippen LogP contribution in [0.2, 0.25) is 0 Å². The Morgan fingerprint density at radius 1 is 1.00 bits per heavy atom. The lowest BCUT2D eigenvalue weighted by molar-refractivity contribution is -2.00. The maximum Gasteiger partial charge on any atom is 0.190 e. The summed E-state index contributed by atoms with van der Waals surface area (Å²) in [7, 11) is -4.94. The van der Waals surface area contributed by atoms with Crippen LogP contribution in [0, 0.1) is 24.1 Å². The van der Waals surface area contributed by atoms with Gasteiger partial charge in [0.15, 0.2) is 17.9 Å². The molecule has 2 heterocycles. The summed E-state index contributed by atoms with van der Waals surface area (Å²) in [5.41, 5.74) is 4.75. The molecule has 3 rings (SSSR count). The summed E-state index contributed by atoms with van der Waals surface area (Å²) in [6.07, 6.45) is 2.61. The van der Waals surface area contributed by atoms with Gasteiger partial charge in [0.05, 0.1) is 13.2 Å². The van der Waals surface area contributed by atoms with Crippen molar-refractivity contribution in [1.29, 1.82) is 0 Å².